The first-order valence-electron chi connectivity index (χ1n) is 14.7. The molecule has 2 aromatic heterocycles. The van der Waals surface area contributed by atoms with Crippen LogP contribution < -0.4 is 0 Å². The fourth-order valence-corrected chi connectivity index (χ4v) is 5.62. The summed E-state index contributed by atoms with van der Waals surface area (Å²) in [5.41, 5.74) is 5.05. The van der Waals surface area contributed by atoms with Gasteiger partial charge < -0.3 is 9.80 Å². The van der Waals surface area contributed by atoms with Crippen LogP contribution in [0.2, 0.25) is 0 Å². The van der Waals surface area contributed by atoms with Crippen molar-refractivity contribution in [2.45, 2.75) is 19.5 Å². The van der Waals surface area contributed by atoms with E-state index in [0.717, 1.165) is 50.4 Å². The standard InChI is InChI=1S/C32H35N9O2/c33-19-30-21-35-41(25-30)32(43)39-16-12-37(13-17-39)23-28-8-6-26(7-9-28)18-29-20-34-40(24-29)31(42)38-14-10-36(11-15-38)22-27-4-2-1-3-5-27/h1-9,20-21,24-25H,10-18,22-23H2. The lowest BCUT2D eigenvalue weighted by atomic mass is 10.1. The van der Waals surface area contributed by atoms with Gasteiger partial charge in [0.2, 0.25) is 0 Å². The van der Waals surface area contributed by atoms with Crippen LogP contribution in [0, 0.1) is 11.3 Å². The number of nitriles is 1. The predicted molar refractivity (Wildman–Crippen MR) is 160 cm³/mol. The molecule has 220 valence electrons. The normalized spacial score (nSPS) is 16.3. The lowest BCUT2D eigenvalue weighted by Crippen LogP contribution is -2.49. The lowest BCUT2D eigenvalue weighted by Gasteiger charge is -2.34. The van der Waals surface area contributed by atoms with E-state index >= 15 is 0 Å². The zero-order valence-corrected chi connectivity index (χ0v) is 24.1. The number of hydrogen-bond donors (Lipinski definition) is 0. The van der Waals surface area contributed by atoms with Crippen LogP contribution in [0.3, 0.4) is 0 Å². The van der Waals surface area contributed by atoms with E-state index in [-0.39, 0.29) is 12.1 Å². The van der Waals surface area contributed by atoms with Gasteiger partial charge in [-0.2, -0.15) is 24.8 Å². The molecular formula is C32H35N9O2. The average Bonchev–Trinajstić information content (AvgIpc) is 3.73. The third-order valence-corrected chi connectivity index (χ3v) is 8.11. The maximum atomic E-state index is 13.1. The second kappa shape index (κ2) is 13.0. The van der Waals surface area contributed by atoms with Crippen molar-refractivity contribution in [3.8, 4) is 6.07 Å². The molecule has 6 rings (SSSR count). The molecule has 11 nitrogen and oxygen atoms in total. The highest BCUT2D eigenvalue weighted by Gasteiger charge is 2.24. The van der Waals surface area contributed by atoms with E-state index in [1.807, 2.05) is 23.2 Å². The Morgan fingerprint density at radius 1 is 0.628 bits per heavy atom. The summed E-state index contributed by atoms with van der Waals surface area (Å²) >= 11 is 0. The van der Waals surface area contributed by atoms with Gasteiger partial charge in [0, 0.05) is 78.1 Å². The van der Waals surface area contributed by atoms with Crippen LogP contribution >= 0.6 is 0 Å². The first kappa shape index (κ1) is 28.3. The number of nitrogens with zero attached hydrogens (tertiary/aromatic N) is 9. The summed E-state index contributed by atoms with van der Waals surface area (Å²) < 4.78 is 2.70. The number of benzene rings is 2. The highest BCUT2D eigenvalue weighted by Crippen LogP contribution is 2.15. The van der Waals surface area contributed by atoms with E-state index in [0.29, 0.717) is 38.2 Å². The molecule has 2 aliphatic heterocycles. The van der Waals surface area contributed by atoms with E-state index in [4.69, 9.17) is 5.26 Å². The van der Waals surface area contributed by atoms with Crippen molar-refractivity contribution in [1.82, 2.24) is 39.2 Å². The van der Waals surface area contributed by atoms with Crippen LogP contribution in [-0.2, 0) is 19.5 Å². The quantitative estimate of drug-likeness (QED) is 0.347. The van der Waals surface area contributed by atoms with Gasteiger partial charge in [-0.05, 0) is 22.3 Å². The van der Waals surface area contributed by atoms with Crippen molar-refractivity contribution in [2.75, 3.05) is 52.4 Å². The fourth-order valence-electron chi connectivity index (χ4n) is 5.62. The molecule has 0 saturated carbocycles. The Bertz CT molecular complexity index is 1570. The van der Waals surface area contributed by atoms with Crippen molar-refractivity contribution in [2.24, 2.45) is 0 Å². The Balaban J connectivity index is 0.947. The summed E-state index contributed by atoms with van der Waals surface area (Å²) in [5, 5.41) is 17.3. The maximum Gasteiger partial charge on any atom is 0.344 e. The van der Waals surface area contributed by atoms with Crippen molar-refractivity contribution >= 4 is 12.1 Å². The van der Waals surface area contributed by atoms with Crippen molar-refractivity contribution in [3.63, 3.8) is 0 Å². The largest absolute Gasteiger partial charge is 0.344 e. The molecule has 0 aliphatic carbocycles. The van der Waals surface area contributed by atoms with Crippen LogP contribution in [0.1, 0.15) is 27.8 Å². The number of rotatable bonds is 6. The Morgan fingerprint density at radius 3 is 1.70 bits per heavy atom. The number of carbonyl (C=O) groups is 2. The van der Waals surface area contributed by atoms with Gasteiger partial charge in [-0.3, -0.25) is 9.80 Å². The molecule has 2 fully saturated rings. The number of carbonyl (C=O) groups excluding carboxylic acids is 2. The van der Waals surface area contributed by atoms with E-state index in [9.17, 15) is 9.59 Å². The summed E-state index contributed by atoms with van der Waals surface area (Å²) in [6.45, 7) is 7.59. The highest BCUT2D eigenvalue weighted by atomic mass is 16.2. The Hall–Kier alpha value is -4.79. The molecule has 4 heterocycles. The van der Waals surface area contributed by atoms with E-state index in [1.54, 1.807) is 11.1 Å². The Kier molecular flexibility index (Phi) is 8.58. The topological polar surface area (TPSA) is 107 Å². The number of hydrogen-bond acceptors (Lipinski definition) is 7. The van der Waals surface area contributed by atoms with Gasteiger partial charge in [0.25, 0.3) is 0 Å². The summed E-state index contributed by atoms with van der Waals surface area (Å²) in [6.07, 6.45) is 7.20. The Labute approximate surface area is 251 Å². The van der Waals surface area contributed by atoms with Gasteiger partial charge in [-0.1, -0.05) is 54.6 Å². The third kappa shape index (κ3) is 6.99. The van der Waals surface area contributed by atoms with Gasteiger partial charge in [0.05, 0.1) is 24.2 Å². The van der Waals surface area contributed by atoms with Gasteiger partial charge in [0.1, 0.15) is 6.07 Å². The van der Waals surface area contributed by atoms with Gasteiger partial charge in [0.15, 0.2) is 0 Å². The lowest BCUT2D eigenvalue weighted by molar-refractivity contribution is 0.134. The van der Waals surface area contributed by atoms with Crippen LogP contribution in [0.5, 0.6) is 0 Å². The van der Waals surface area contributed by atoms with Gasteiger partial charge in [-0.25, -0.2) is 9.59 Å². The zero-order valence-electron chi connectivity index (χ0n) is 24.1. The van der Waals surface area contributed by atoms with E-state index in [1.165, 1.54) is 32.9 Å². The SMILES string of the molecule is N#Cc1cnn(C(=O)N2CCN(Cc3ccc(Cc4cnn(C(=O)N5CCN(Cc6ccccc6)CC5)c4)cc3)CC2)c1. The maximum absolute atomic E-state index is 13.1. The zero-order chi connectivity index (χ0) is 29.6. The third-order valence-electron chi connectivity index (χ3n) is 8.11. The predicted octanol–water partition coefficient (Wildman–Crippen LogP) is 3.11. The fraction of sp³-hybridized carbons (Fsp3) is 0.344. The number of amides is 2. The molecule has 2 saturated heterocycles. The molecule has 0 radical (unpaired) electrons. The van der Waals surface area contributed by atoms with Crippen molar-refractivity contribution in [1.29, 1.82) is 5.26 Å². The summed E-state index contributed by atoms with van der Waals surface area (Å²) in [6, 6.07) is 20.7. The minimum Gasteiger partial charge on any atom is -0.320 e. The molecule has 0 bridgehead atoms. The highest BCUT2D eigenvalue weighted by molar-refractivity contribution is 5.76. The first-order chi connectivity index (χ1) is 21.0. The molecule has 43 heavy (non-hydrogen) atoms. The smallest absolute Gasteiger partial charge is 0.320 e. The number of aromatic nitrogens is 4. The molecule has 0 spiro atoms. The molecular weight excluding hydrogens is 542 g/mol. The minimum atomic E-state index is -0.197. The molecule has 2 amide bonds. The van der Waals surface area contributed by atoms with Crippen molar-refractivity contribution in [3.05, 3.63) is 107 Å². The monoisotopic (exact) mass is 577 g/mol. The van der Waals surface area contributed by atoms with Crippen LogP contribution in [0.25, 0.3) is 0 Å². The second-order valence-corrected chi connectivity index (χ2v) is 11.1. The first-order valence-corrected chi connectivity index (χ1v) is 14.7. The van der Waals surface area contributed by atoms with Crippen LogP contribution in [0.15, 0.2) is 79.4 Å². The van der Waals surface area contributed by atoms with E-state index < -0.39 is 0 Å². The summed E-state index contributed by atoms with van der Waals surface area (Å²) in [7, 11) is 0. The van der Waals surface area contributed by atoms with Crippen LogP contribution in [-0.4, -0.2) is 104 Å². The van der Waals surface area contributed by atoms with Crippen molar-refractivity contribution < 1.29 is 9.59 Å². The second-order valence-electron chi connectivity index (χ2n) is 11.1. The van der Waals surface area contributed by atoms with Crippen LogP contribution in [0.4, 0.5) is 9.59 Å². The van der Waals surface area contributed by atoms with Gasteiger partial charge >= 0.3 is 12.1 Å². The Morgan fingerprint density at radius 2 is 1.14 bits per heavy atom. The number of piperazine rings is 2. The molecule has 2 aromatic carbocycles. The molecule has 0 N–H and O–H groups in total. The summed E-state index contributed by atoms with van der Waals surface area (Å²) in [4.78, 5) is 34.1. The minimum absolute atomic E-state index is 0.0701. The molecule has 0 unspecified atom stereocenters. The molecule has 11 heteroatoms. The van der Waals surface area contributed by atoms with E-state index in [2.05, 4.69) is 68.5 Å². The average molecular weight is 578 g/mol. The molecule has 0 atom stereocenters. The molecule has 2 aliphatic rings. The molecule has 4 aromatic rings. The summed E-state index contributed by atoms with van der Waals surface area (Å²) in [5.74, 6) is 0. The van der Waals surface area contributed by atoms with Gasteiger partial charge in [-0.15, -0.1) is 0 Å².